The summed E-state index contributed by atoms with van der Waals surface area (Å²) in [5, 5.41) is 1.52. The average molecular weight is 148 g/mol. The molecule has 1 heteroatoms. The van der Waals surface area contributed by atoms with Crippen LogP contribution in [0.2, 0.25) is 6.55 Å². The molecule has 0 heterocycles. The van der Waals surface area contributed by atoms with Gasteiger partial charge in [-0.25, -0.2) is 0 Å². The summed E-state index contributed by atoms with van der Waals surface area (Å²) in [5.74, 6) is 0. The van der Waals surface area contributed by atoms with Gasteiger partial charge in [0.25, 0.3) is 0 Å². The standard InChI is InChI=1S/C9H12Si/c1-3-8-4-6-9(10-2)7-5-8/h3-7H,1,10H2,2H3. The van der Waals surface area contributed by atoms with E-state index < -0.39 is 0 Å². The SMILES string of the molecule is C=Cc1ccc([SiH2]C)cc1. The highest BCUT2D eigenvalue weighted by Gasteiger charge is 1.86. The molecule has 1 aromatic carbocycles. The first-order valence-electron chi connectivity index (χ1n) is 3.58. The van der Waals surface area contributed by atoms with E-state index in [2.05, 4.69) is 37.4 Å². The fourth-order valence-electron chi connectivity index (χ4n) is 0.889. The number of benzene rings is 1. The molecule has 10 heavy (non-hydrogen) atoms. The van der Waals surface area contributed by atoms with Gasteiger partial charge in [-0.2, -0.15) is 0 Å². The monoisotopic (exact) mass is 148 g/mol. The minimum absolute atomic E-state index is 0.0333. The Bertz CT molecular complexity index is 211. The smallest absolute Gasteiger partial charge is 0.0517 e. The molecule has 0 aliphatic rings. The molecule has 0 nitrogen and oxygen atoms in total. The van der Waals surface area contributed by atoms with Crippen molar-refractivity contribution in [1.82, 2.24) is 0 Å². The van der Waals surface area contributed by atoms with Crippen LogP contribution in [0.3, 0.4) is 0 Å². The topological polar surface area (TPSA) is 0 Å². The van der Waals surface area contributed by atoms with E-state index in [-0.39, 0.29) is 9.52 Å². The molecule has 0 spiro atoms. The lowest BCUT2D eigenvalue weighted by Crippen LogP contribution is -2.08. The largest absolute Gasteiger partial charge is 0.0985 e. The molecule has 0 amide bonds. The highest BCUT2D eigenvalue weighted by Crippen LogP contribution is 1.96. The molecule has 0 N–H and O–H groups in total. The van der Waals surface area contributed by atoms with E-state index in [9.17, 15) is 0 Å². The van der Waals surface area contributed by atoms with Crippen molar-refractivity contribution in [2.24, 2.45) is 0 Å². The molecular weight excluding hydrogens is 136 g/mol. The van der Waals surface area contributed by atoms with Crippen molar-refractivity contribution < 1.29 is 0 Å². The zero-order valence-corrected chi connectivity index (χ0v) is 7.72. The van der Waals surface area contributed by atoms with Gasteiger partial charge < -0.3 is 0 Å². The van der Waals surface area contributed by atoms with E-state index in [1.54, 1.807) is 0 Å². The first-order chi connectivity index (χ1) is 4.86. The molecule has 0 saturated heterocycles. The van der Waals surface area contributed by atoms with Crippen LogP contribution in [0.25, 0.3) is 6.08 Å². The lowest BCUT2D eigenvalue weighted by Gasteiger charge is -1.95. The lowest BCUT2D eigenvalue weighted by molar-refractivity contribution is 1.70. The molecule has 0 saturated carbocycles. The summed E-state index contributed by atoms with van der Waals surface area (Å²) in [5.41, 5.74) is 1.21. The summed E-state index contributed by atoms with van der Waals surface area (Å²) in [7, 11) is 0.0333. The van der Waals surface area contributed by atoms with Gasteiger partial charge in [-0.1, -0.05) is 48.7 Å². The maximum atomic E-state index is 3.70. The van der Waals surface area contributed by atoms with E-state index in [0.29, 0.717) is 0 Å². The van der Waals surface area contributed by atoms with Crippen LogP contribution in [0.1, 0.15) is 5.56 Å². The Kier molecular flexibility index (Phi) is 2.46. The van der Waals surface area contributed by atoms with Crippen LogP contribution in [-0.2, 0) is 0 Å². The van der Waals surface area contributed by atoms with Crippen molar-refractivity contribution >= 4 is 20.8 Å². The molecule has 1 aromatic rings. The Labute approximate surface area is 64.4 Å². The van der Waals surface area contributed by atoms with E-state index in [1.807, 2.05) is 6.08 Å². The third kappa shape index (κ3) is 1.58. The summed E-state index contributed by atoms with van der Waals surface area (Å²) >= 11 is 0. The van der Waals surface area contributed by atoms with Gasteiger partial charge in [0.15, 0.2) is 0 Å². The van der Waals surface area contributed by atoms with Gasteiger partial charge in [0.2, 0.25) is 0 Å². The maximum absolute atomic E-state index is 3.70. The van der Waals surface area contributed by atoms with Gasteiger partial charge in [0.1, 0.15) is 0 Å². The van der Waals surface area contributed by atoms with Crippen LogP contribution in [0.5, 0.6) is 0 Å². The Hall–Kier alpha value is -0.823. The van der Waals surface area contributed by atoms with Crippen molar-refractivity contribution in [2.45, 2.75) is 6.55 Å². The molecule has 0 unspecified atom stereocenters. The predicted octanol–water partition coefficient (Wildman–Crippen LogP) is 1.17. The predicted molar refractivity (Wildman–Crippen MR) is 50.6 cm³/mol. The highest BCUT2D eigenvalue weighted by molar-refractivity contribution is 6.51. The van der Waals surface area contributed by atoms with E-state index in [4.69, 9.17) is 0 Å². The van der Waals surface area contributed by atoms with E-state index in [0.717, 1.165) is 0 Å². The Morgan fingerprint density at radius 2 is 1.90 bits per heavy atom. The summed E-state index contributed by atoms with van der Waals surface area (Å²) in [6.07, 6.45) is 1.88. The van der Waals surface area contributed by atoms with Gasteiger partial charge in [-0.05, 0) is 5.56 Å². The molecule has 0 aromatic heterocycles. The van der Waals surface area contributed by atoms with Crippen LogP contribution < -0.4 is 5.19 Å². The normalized spacial score (nSPS) is 10.5. The van der Waals surface area contributed by atoms with Crippen molar-refractivity contribution in [3.63, 3.8) is 0 Å². The highest BCUT2D eigenvalue weighted by atomic mass is 28.2. The fraction of sp³-hybridized carbons (Fsp3) is 0.111. The zero-order valence-electron chi connectivity index (χ0n) is 6.30. The van der Waals surface area contributed by atoms with Crippen molar-refractivity contribution in [2.75, 3.05) is 0 Å². The number of rotatable bonds is 2. The van der Waals surface area contributed by atoms with Gasteiger partial charge in [0, 0.05) is 0 Å². The molecular formula is C9H12Si. The van der Waals surface area contributed by atoms with Crippen LogP contribution in [-0.4, -0.2) is 9.52 Å². The molecule has 0 fully saturated rings. The molecule has 52 valence electrons. The molecule has 0 radical (unpaired) electrons. The quantitative estimate of drug-likeness (QED) is 0.552. The second kappa shape index (κ2) is 3.37. The number of hydrogen-bond acceptors (Lipinski definition) is 0. The molecule has 1 rings (SSSR count). The van der Waals surface area contributed by atoms with Gasteiger partial charge in [-0.15, -0.1) is 0 Å². The molecule has 0 aliphatic carbocycles. The van der Waals surface area contributed by atoms with Crippen LogP contribution in [0.15, 0.2) is 30.8 Å². The summed E-state index contributed by atoms with van der Waals surface area (Å²) in [6, 6.07) is 8.64. The fourth-order valence-corrected chi connectivity index (χ4v) is 1.60. The van der Waals surface area contributed by atoms with Crippen molar-refractivity contribution in [3.05, 3.63) is 36.4 Å². The summed E-state index contributed by atoms with van der Waals surface area (Å²) < 4.78 is 0. The van der Waals surface area contributed by atoms with Crippen LogP contribution in [0.4, 0.5) is 0 Å². The molecule has 0 bridgehead atoms. The van der Waals surface area contributed by atoms with Crippen LogP contribution >= 0.6 is 0 Å². The second-order valence-electron chi connectivity index (χ2n) is 2.30. The van der Waals surface area contributed by atoms with Gasteiger partial charge >= 0.3 is 0 Å². The third-order valence-corrected chi connectivity index (χ3v) is 2.91. The van der Waals surface area contributed by atoms with E-state index in [1.165, 1.54) is 10.8 Å². The molecule has 0 aliphatic heterocycles. The van der Waals surface area contributed by atoms with Gasteiger partial charge in [-0.3, -0.25) is 0 Å². The first-order valence-corrected chi connectivity index (χ1v) is 5.70. The minimum Gasteiger partial charge on any atom is -0.0985 e. The Morgan fingerprint density at radius 3 is 2.30 bits per heavy atom. The second-order valence-corrected chi connectivity index (χ2v) is 3.82. The van der Waals surface area contributed by atoms with Crippen molar-refractivity contribution in [3.8, 4) is 0 Å². The van der Waals surface area contributed by atoms with Gasteiger partial charge in [0.05, 0.1) is 9.52 Å². The summed E-state index contributed by atoms with van der Waals surface area (Å²) in [6.45, 7) is 5.99. The number of hydrogen-bond donors (Lipinski definition) is 0. The maximum Gasteiger partial charge on any atom is 0.0517 e. The molecule has 0 atom stereocenters. The minimum atomic E-state index is 0.0333. The Balaban J connectivity index is 2.90. The lowest BCUT2D eigenvalue weighted by atomic mass is 10.2. The zero-order chi connectivity index (χ0) is 7.40. The van der Waals surface area contributed by atoms with Crippen molar-refractivity contribution in [1.29, 1.82) is 0 Å². The van der Waals surface area contributed by atoms with E-state index >= 15 is 0 Å². The third-order valence-electron chi connectivity index (χ3n) is 1.62. The Morgan fingerprint density at radius 1 is 1.30 bits per heavy atom. The van der Waals surface area contributed by atoms with Crippen LogP contribution in [0, 0.1) is 0 Å². The average Bonchev–Trinajstić information content (AvgIpc) is 2.05. The summed E-state index contributed by atoms with van der Waals surface area (Å²) in [4.78, 5) is 0. The first kappa shape index (κ1) is 7.29.